The number of rotatable bonds is 8. The summed E-state index contributed by atoms with van der Waals surface area (Å²) in [5, 5.41) is 13.1. The quantitative estimate of drug-likeness (QED) is 0.298. The number of aliphatic hydroxyl groups excluding tert-OH is 1. The molecule has 0 saturated carbocycles. The van der Waals surface area contributed by atoms with E-state index in [0.717, 1.165) is 10.3 Å². The van der Waals surface area contributed by atoms with Crippen LogP contribution in [0, 0.1) is 12.8 Å². The molecule has 0 aliphatic carbocycles. The van der Waals surface area contributed by atoms with Gasteiger partial charge in [-0.25, -0.2) is 13.4 Å². The van der Waals surface area contributed by atoms with Gasteiger partial charge >= 0.3 is 0 Å². The van der Waals surface area contributed by atoms with Gasteiger partial charge in [0, 0.05) is 19.5 Å². The van der Waals surface area contributed by atoms with Crippen molar-refractivity contribution in [1.82, 2.24) is 14.2 Å². The van der Waals surface area contributed by atoms with E-state index in [1.165, 1.54) is 22.7 Å². The number of aryl methyl sites for hydroxylation is 1. The summed E-state index contributed by atoms with van der Waals surface area (Å²) < 4.78 is 35.5. The van der Waals surface area contributed by atoms with Crippen molar-refractivity contribution < 1.29 is 27.9 Å². The molecule has 12 heteroatoms. The maximum atomic E-state index is 13.8. The molecular formula is C31H34N4O6S2. The number of aromatic nitrogens is 1. The van der Waals surface area contributed by atoms with E-state index in [1.54, 1.807) is 54.3 Å². The third-order valence-electron chi connectivity index (χ3n) is 7.59. The highest BCUT2D eigenvalue weighted by molar-refractivity contribution is 7.89. The van der Waals surface area contributed by atoms with Gasteiger partial charge in [0.25, 0.3) is 11.8 Å². The fourth-order valence-electron chi connectivity index (χ4n) is 4.95. The number of thiazole rings is 1. The van der Waals surface area contributed by atoms with Crippen LogP contribution in [0.1, 0.15) is 39.6 Å². The summed E-state index contributed by atoms with van der Waals surface area (Å²) >= 11 is 1.25. The van der Waals surface area contributed by atoms with Crippen molar-refractivity contribution in [3.63, 3.8) is 0 Å². The summed E-state index contributed by atoms with van der Waals surface area (Å²) in [4.78, 5) is 33.2. The Morgan fingerprint density at radius 2 is 1.88 bits per heavy atom. The van der Waals surface area contributed by atoms with Crippen LogP contribution in [0.3, 0.4) is 0 Å². The van der Waals surface area contributed by atoms with E-state index in [9.17, 15) is 23.1 Å². The van der Waals surface area contributed by atoms with Crippen LogP contribution in [-0.2, 0) is 10.0 Å². The number of sulfonamides is 1. The number of anilines is 1. The summed E-state index contributed by atoms with van der Waals surface area (Å²) in [5.74, 6) is -1.03. The molecule has 2 amide bonds. The molecule has 0 saturated heterocycles. The number of nitrogens with zero attached hydrogens (tertiary/aromatic N) is 3. The number of carbonyl (C=O) groups excluding carboxylic acids is 2. The molecule has 1 aliphatic heterocycles. The number of para-hydroxylation sites is 2. The number of amides is 2. The highest BCUT2D eigenvalue weighted by Gasteiger charge is 2.36. The van der Waals surface area contributed by atoms with Gasteiger partial charge in [-0.15, -0.1) is 11.3 Å². The molecule has 0 fully saturated rings. The molecule has 2 N–H and O–H groups in total. The first-order valence-electron chi connectivity index (χ1n) is 13.9. The van der Waals surface area contributed by atoms with Crippen LogP contribution < -0.4 is 10.1 Å². The minimum Gasteiger partial charge on any atom is -0.486 e. The largest absolute Gasteiger partial charge is 0.486 e. The van der Waals surface area contributed by atoms with Gasteiger partial charge in [-0.05, 0) is 50.2 Å². The molecule has 10 nitrogen and oxygen atoms in total. The maximum absolute atomic E-state index is 13.8. The lowest BCUT2D eigenvalue weighted by Crippen LogP contribution is -2.50. The van der Waals surface area contributed by atoms with Crippen LogP contribution >= 0.6 is 11.3 Å². The number of likely N-dealkylation sites (N-methyl/N-ethyl adjacent to an activating group) is 1. The molecule has 4 aromatic rings. The van der Waals surface area contributed by atoms with Gasteiger partial charge in [-0.1, -0.05) is 42.8 Å². The highest BCUT2D eigenvalue weighted by atomic mass is 32.2. The lowest BCUT2D eigenvalue weighted by molar-refractivity contribution is 0.0388. The van der Waals surface area contributed by atoms with Crippen molar-refractivity contribution in [2.45, 2.75) is 37.8 Å². The molecule has 226 valence electrons. The normalized spacial score (nSPS) is 18.1. The molecule has 1 aromatic heterocycles. The molecule has 3 atom stereocenters. The molecule has 1 aliphatic rings. The van der Waals surface area contributed by atoms with Crippen LogP contribution in [0.25, 0.3) is 10.2 Å². The number of hydrogen-bond acceptors (Lipinski definition) is 8. The fraction of sp³-hybridized carbons (Fsp3) is 0.323. The van der Waals surface area contributed by atoms with Crippen LogP contribution in [0.2, 0.25) is 0 Å². The minimum absolute atomic E-state index is 0.0213. The number of hydrogen-bond donors (Lipinski definition) is 2. The number of benzene rings is 3. The third kappa shape index (κ3) is 6.28. The van der Waals surface area contributed by atoms with Crippen LogP contribution in [-0.4, -0.2) is 78.4 Å². The standard InChI is InChI=1S/C31H34N4O6S2/c1-19-12-14-22(15-13-19)43(39,40)34(4)17-26-20(2)16-35(21(3)18-36)31(38)23-8-7-10-25(28(23)41-26)32-29(37)30-33-24-9-5-6-11-27(24)42-30/h5-15,20-21,26,36H,16-18H2,1-4H3,(H,32,37)/t20-,21-,26+/m0/s1. The number of ether oxygens (including phenoxy) is 1. The predicted molar refractivity (Wildman–Crippen MR) is 166 cm³/mol. The van der Waals surface area contributed by atoms with Crippen LogP contribution in [0.15, 0.2) is 71.6 Å². The van der Waals surface area contributed by atoms with Crippen molar-refractivity contribution in [3.05, 3.63) is 82.9 Å². The first kappa shape index (κ1) is 30.6. The molecule has 0 spiro atoms. The fourth-order valence-corrected chi connectivity index (χ4v) is 6.99. The molecule has 0 radical (unpaired) electrons. The Kier molecular flexibility index (Phi) is 8.84. The van der Waals surface area contributed by atoms with E-state index in [-0.39, 0.29) is 58.4 Å². The smallest absolute Gasteiger partial charge is 0.284 e. The Morgan fingerprint density at radius 3 is 2.58 bits per heavy atom. The molecule has 3 aromatic carbocycles. The lowest BCUT2D eigenvalue weighted by Gasteiger charge is -2.38. The van der Waals surface area contributed by atoms with Gasteiger partial charge < -0.3 is 20.1 Å². The lowest BCUT2D eigenvalue weighted by atomic mass is 9.99. The first-order valence-corrected chi connectivity index (χ1v) is 16.2. The van der Waals surface area contributed by atoms with Crippen molar-refractivity contribution in [1.29, 1.82) is 0 Å². The molecule has 5 rings (SSSR count). The number of nitrogens with one attached hydrogen (secondary N) is 1. The van der Waals surface area contributed by atoms with Gasteiger partial charge in [0.05, 0.1) is 45.6 Å². The predicted octanol–water partition coefficient (Wildman–Crippen LogP) is 4.40. The zero-order valence-corrected chi connectivity index (χ0v) is 26.0. The number of aliphatic hydroxyl groups is 1. The van der Waals surface area contributed by atoms with E-state index in [1.807, 2.05) is 38.1 Å². The Labute approximate surface area is 255 Å². The van der Waals surface area contributed by atoms with Gasteiger partial charge in [0.2, 0.25) is 10.0 Å². The SMILES string of the molecule is Cc1ccc(S(=O)(=O)N(C)C[C@H]2Oc3c(NC(=O)c4nc5ccccc5s4)cccc3C(=O)N([C@@H](C)CO)C[C@@H]2C)cc1. The maximum Gasteiger partial charge on any atom is 0.284 e. The van der Waals surface area contributed by atoms with E-state index in [4.69, 9.17) is 4.74 Å². The highest BCUT2D eigenvalue weighted by Crippen LogP contribution is 2.36. The van der Waals surface area contributed by atoms with Crippen LogP contribution in [0.4, 0.5) is 5.69 Å². The van der Waals surface area contributed by atoms with Gasteiger partial charge in [0.1, 0.15) is 6.10 Å². The number of carbonyl (C=O) groups is 2. The van der Waals surface area contributed by atoms with Crippen LogP contribution in [0.5, 0.6) is 5.75 Å². The Balaban J connectivity index is 1.51. The van der Waals surface area contributed by atoms with Gasteiger partial charge in [0.15, 0.2) is 10.8 Å². The van der Waals surface area contributed by atoms with Gasteiger partial charge in [-0.3, -0.25) is 9.59 Å². The second-order valence-corrected chi connectivity index (χ2v) is 13.9. The molecule has 0 bridgehead atoms. The average molecular weight is 623 g/mol. The summed E-state index contributed by atoms with van der Waals surface area (Å²) in [7, 11) is -2.35. The Morgan fingerprint density at radius 1 is 1.16 bits per heavy atom. The summed E-state index contributed by atoms with van der Waals surface area (Å²) in [6.07, 6.45) is -0.703. The monoisotopic (exact) mass is 622 g/mol. The molecular weight excluding hydrogens is 588 g/mol. The minimum atomic E-state index is -3.84. The second-order valence-electron chi connectivity index (χ2n) is 10.8. The summed E-state index contributed by atoms with van der Waals surface area (Å²) in [6.45, 7) is 5.45. The zero-order chi connectivity index (χ0) is 30.9. The van der Waals surface area contributed by atoms with E-state index in [2.05, 4.69) is 10.3 Å². The third-order valence-corrected chi connectivity index (χ3v) is 10.5. The second kappa shape index (κ2) is 12.4. The van der Waals surface area contributed by atoms with Crippen molar-refractivity contribution in [2.24, 2.45) is 5.92 Å². The van der Waals surface area contributed by atoms with Gasteiger partial charge in [-0.2, -0.15) is 4.31 Å². The summed E-state index contributed by atoms with van der Waals surface area (Å²) in [5.41, 5.74) is 2.10. The molecule has 0 unspecified atom stereocenters. The Bertz CT molecular complexity index is 1720. The van der Waals surface area contributed by atoms with E-state index in [0.29, 0.717) is 5.52 Å². The topological polar surface area (TPSA) is 129 Å². The van der Waals surface area contributed by atoms with Crippen molar-refractivity contribution >= 4 is 49.1 Å². The average Bonchev–Trinajstić information content (AvgIpc) is 3.44. The van der Waals surface area contributed by atoms with Crippen molar-refractivity contribution in [3.8, 4) is 5.75 Å². The Hall–Kier alpha value is -3.84. The molecule has 2 heterocycles. The molecule has 43 heavy (non-hydrogen) atoms. The van der Waals surface area contributed by atoms with E-state index < -0.39 is 28.1 Å². The van der Waals surface area contributed by atoms with Crippen molar-refractivity contribution in [2.75, 3.05) is 32.1 Å². The zero-order valence-electron chi connectivity index (χ0n) is 24.4. The van der Waals surface area contributed by atoms with E-state index >= 15 is 0 Å². The summed E-state index contributed by atoms with van der Waals surface area (Å²) in [6, 6.07) is 18.4. The first-order chi connectivity index (χ1) is 20.5. The number of fused-ring (bicyclic) bond motifs is 2.